The minimum Gasteiger partial charge on any atom is -0.309 e. The van der Waals surface area contributed by atoms with Gasteiger partial charge in [-0.3, -0.25) is 0 Å². The number of hydrogen-bond donors (Lipinski definition) is 0. The second kappa shape index (κ2) is 15.3. The monoisotopic (exact) mass is 803 g/mol. The summed E-state index contributed by atoms with van der Waals surface area (Å²) in [4.78, 5) is 0. The summed E-state index contributed by atoms with van der Waals surface area (Å²) in [6, 6.07) is 71.6. The van der Waals surface area contributed by atoms with Gasteiger partial charge in [-0.05, 0) is 157 Å². The maximum atomic E-state index is 2.50. The molecule has 12 rings (SSSR count). The quantitative estimate of drug-likeness (QED) is 0.148. The predicted octanol–water partition coefficient (Wildman–Crippen LogP) is 16.7. The largest absolute Gasteiger partial charge is 0.309 e. The molecule has 2 aliphatic carbocycles. The van der Waals surface area contributed by atoms with Crippen molar-refractivity contribution in [3.63, 3.8) is 0 Å². The van der Waals surface area contributed by atoms with Crippen molar-refractivity contribution < 1.29 is 0 Å². The molecule has 0 aliphatic heterocycles. The van der Waals surface area contributed by atoms with Gasteiger partial charge in [0.1, 0.15) is 0 Å². The molecule has 0 atom stereocenters. The molecule has 0 amide bonds. The van der Waals surface area contributed by atoms with E-state index in [1.165, 1.54) is 116 Å². The first kappa shape index (κ1) is 37.1. The molecule has 2 aliphatic rings. The normalized spacial score (nSPS) is 14.0. The highest BCUT2D eigenvalue weighted by molar-refractivity contribution is 6.20. The average molecular weight is 804 g/mol. The minimum atomic E-state index is 0.902. The van der Waals surface area contributed by atoms with E-state index in [9.17, 15) is 0 Å². The van der Waals surface area contributed by atoms with E-state index < -0.39 is 0 Å². The van der Waals surface area contributed by atoms with Crippen molar-refractivity contribution in [3.8, 4) is 27.9 Å². The van der Waals surface area contributed by atoms with Gasteiger partial charge in [0.05, 0.1) is 11.0 Å². The Hall–Kier alpha value is -7.74. The van der Waals surface area contributed by atoms with Crippen LogP contribution in [0, 0.1) is 0 Å². The van der Waals surface area contributed by atoms with Crippen LogP contribution in [0.2, 0.25) is 0 Å². The van der Waals surface area contributed by atoms with Crippen LogP contribution in [0.5, 0.6) is 0 Å². The molecule has 9 aromatic carbocycles. The molecule has 0 saturated heterocycles. The van der Waals surface area contributed by atoms with E-state index in [2.05, 4.69) is 230 Å². The number of para-hydroxylation sites is 1. The van der Waals surface area contributed by atoms with E-state index in [0.29, 0.717) is 0 Å². The van der Waals surface area contributed by atoms with E-state index >= 15 is 0 Å². The highest BCUT2D eigenvalue weighted by Gasteiger charge is 2.21. The van der Waals surface area contributed by atoms with Crippen LogP contribution in [-0.2, 0) is 6.42 Å². The second-order valence-electron chi connectivity index (χ2n) is 17.2. The number of aromatic nitrogens is 1. The van der Waals surface area contributed by atoms with Crippen molar-refractivity contribution in [2.75, 3.05) is 0 Å². The Labute approximate surface area is 368 Å². The Kier molecular flexibility index (Phi) is 9.01. The first-order valence-electron chi connectivity index (χ1n) is 22.3. The molecule has 0 saturated carbocycles. The fourth-order valence-electron chi connectivity index (χ4n) is 10.4. The number of allylic oxidation sites excluding steroid dienone is 7. The van der Waals surface area contributed by atoms with Crippen LogP contribution in [0.3, 0.4) is 0 Å². The lowest BCUT2D eigenvalue weighted by Gasteiger charge is -2.21. The summed E-state index contributed by atoms with van der Waals surface area (Å²) >= 11 is 0. The lowest BCUT2D eigenvalue weighted by atomic mass is 9.83. The third-order valence-electron chi connectivity index (χ3n) is 13.5. The van der Waals surface area contributed by atoms with Crippen LogP contribution < -0.4 is 0 Å². The molecule has 10 aromatic rings. The van der Waals surface area contributed by atoms with Gasteiger partial charge in [0.25, 0.3) is 0 Å². The predicted molar refractivity (Wildman–Crippen MR) is 270 cm³/mol. The Morgan fingerprint density at radius 2 is 1.08 bits per heavy atom. The molecule has 298 valence electrons. The van der Waals surface area contributed by atoms with E-state index in [-0.39, 0.29) is 0 Å². The molecular weight excluding hydrogens is 759 g/mol. The van der Waals surface area contributed by atoms with Crippen LogP contribution >= 0.6 is 0 Å². The zero-order valence-corrected chi connectivity index (χ0v) is 35.4. The highest BCUT2D eigenvalue weighted by atomic mass is 15.0. The summed E-state index contributed by atoms with van der Waals surface area (Å²) in [5.74, 6) is 0. The molecule has 0 spiro atoms. The van der Waals surface area contributed by atoms with Gasteiger partial charge in [0.2, 0.25) is 0 Å². The average Bonchev–Trinajstić information content (AvgIpc) is 3.57. The van der Waals surface area contributed by atoms with Gasteiger partial charge < -0.3 is 4.57 Å². The van der Waals surface area contributed by atoms with E-state index in [1.54, 1.807) is 0 Å². The van der Waals surface area contributed by atoms with Crippen LogP contribution in [-0.4, -0.2) is 4.57 Å². The maximum Gasteiger partial charge on any atom is 0.0541 e. The molecule has 63 heavy (non-hydrogen) atoms. The highest BCUT2D eigenvalue weighted by Crippen LogP contribution is 2.45. The fraction of sp³-hybridized carbons (Fsp3) is 0.0645. The Morgan fingerprint density at radius 1 is 0.444 bits per heavy atom. The molecule has 1 heteroatoms. The summed E-state index contributed by atoms with van der Waals surface area (Å²) in [7, 11) is 0. The van der Waals surface area contributed by atoms with Crippen molar-refractivity contribution in [2.45, 2.75) is 26.2 Å². The van der Waals surface area contributed by atoms with Gasteiger partial charge >= 0.3 is 0 Å². The Balaban J connectivity index is 1.04. The van der Waals surface area contributed by atoms with Crippen molar-refractivity contribution in [1.82, 2.24) is 4.57 Å². The topological polar surface area (TPSA) is 4.93 Å². The molecule has 1 aromatic heterocycles. The number of rotatable bonds is 6. The number of hydrogen-bond acceptors (Lipinski definition) is 0. The lowest BCUT2D eigenvalue weighted by Crippen LogP contribution is -1.99. The van der Waals surface area contributed by atoms with Gasteiger partial charge in [-0.15, -0.1) is 0 Å². The third-order valence-corrected chi connectivity index (χ3v) is 13.5. The standard InChI is InChI=1S/C62H45N/c1-41-36-48(43-18-7-3-8-19-43)37-49(40-57(41)45-20-9-4-10-21-45)46-30-34-56-58(38-46)53-23-12-11-22-52(53)55-26-15-25-51(62(55)56)47-31-35-61-59(39-47)54-24-13-14-27-60(54)63(61)50-32-28-44(29-33-50)42-16-5-2-6-17-42/h2-11,13-22,24-35,37-40H,12,23,36H2,1H3. The van der Waals surface area contributed by atoms with Crippen molar-refractivity contribution in [2.24, 2.45) is 0 Å². The Morgan fingerprint density at radius 3 is 1.87 bits per heavy atom. The second-order valence-corrected chi connectivity index (χ2v) is 17.2. The minimum absolute atomic E-state index is 0.902. The van der Waals surface area contributed by atoms with Gasteiger partial charge in [-0.25, -0.2) is 0 Å². The van der Waals surface area contributed by atoms with Gasteiger partial charge in [-0.2, -0.15) is 0 Å². The van der Waals surface area contributed by atoms with Gasteiger partial charge in [0, 0.05) is 16.5 Å². The summed E-state index contributed by atoms with van der Waals surface area (Å²) in [6.07, 6.45) is 12.6. The molecule has 1 nitrogen and oxygen atoms in total. The number of nitrogens with zero attached hydrogens (tertiary/aromatic N) is 1. The van der Waals surface area contributed by atoms with E-state index in [4.69, 9.17) is 0 Å². The molecule has 0 N–H and O–H groups in total. The fourth-order valence-corrected chi connectivity index (χ4v) is 10.4. The van der Waals surface area contributed by atoms with Crippen molar-refractivity contribution in [3.05, 3.63) is 246 Å². The van der Waals surface area contributed by atoms with Crippen molar-refractivity contribution in [1.29, 1.82) is 0 Å². The summed E-state index contributed by atoms with van der Waals surface area (Å²) in [6.45, 7) is 2.30. The lowest BCUT2D eigenvalue weighted by molar-refractivity contribution is 1.00. The summed E-state index contributed by atoms with van der Waals surface area (Å²) in [5, 5.41) is 7.83. The summed E-state index contributed by atoms with van der Waals surface area (Å²) < 4.78 is 2.42. The van der Waals surface area contributed by atoms with Crippen molar-refractivity contribution >= 4 is 66.1 Å². The van der Waals surface area contributed by atoms with Crippen LogP contribution in [0.25, 0.3) is 94.1 Å². The molecule has 1 heterocycles. The number of fused-ring (bicyclic) bond motifs is 9. The molecule has 0 unspecified atom stereocenters. The van der Waals surface area contributed by atoms with E-state index in [0.717, 1.165) is 24.9 Å². The molecular formula is C62H45N. The van der Waals surface area contributed by atoms with Gasteiger partial charge in [-0.1, -0.05) is 182 Å². The van der Waals surface area contributed by atoms with Crippen LogP contribution in [0.1, 0.15) is 47.6 Å². The number of aryl methyl sites for hydroxylation is 1. The van der Waals surface area contributed by atoms with Crippen LogP contribution in [0.15, 0.2) is 218 Å². The zero-order chi connectivity index (χ0) is 41.9. The van der Waals surface area contributed by atoms with Crippen LogP contribution in [0.4, 0.5) is 0 Å². The molecule has 0 bridgehead atoms. The molecule has 0 radical (unpaired) electrons. The van der Waals surface area contributed by atoms with Gasteiger partial charge in [0.15, 0.2) is 0 Å². The SMILES string of the molecule is CC1=C(c2ccccc2)C=C(c2ccc3c(c2)c2c(c4cccc(-c5ccc6c(c5)c5ccccc5n6-c5ccc(-c6ccccc6)cc5)c43)C=CCC2)C=C(c2ccccc2)C1. The summed E-state index contributed by atoms with van der Waals surface area (Å²) in [5.41, 5.74) is 20.4. The van der Waals surface area contributed by atoms with E-state index in [1.807, 2.05) is 0 Å². The number of benzene rings is 9. The first-order chi connectivity index (χ1) is 31.2. The zero-order valence-electron chi connectivity index (χ0n) is 35.4. The smallest absolute Gasteiger partial charge is 0.0541 e. The Bertz CT molecular complexity index is 3540. The maximum absolute atomic E-state index is 2.50. The third kappa shape index (κ3) is 6.39. The first-order valence-corrected chi connectivity index (χ1v) is 22.3. The molecule has 0 fully saturated rings.